The number of hydrogen-bond donors (Lipinski definition) is 2. The number of nitrogens with one attached hydrogen (secondary N) is 2. The first-order valence-electron chi connectivity index (χ1n) is 9.04. The van der Waals surface area contributed by atoms with Gasteiger partial charge in [-0.05, 0) is 29.8 Å². The molecular formula is C21H19FN4O3. The van der Waals surface area contributed by atoms with E-state index in [-0.39, 0.29) is 29.1 Å². The third-order valence-electron chi connectivity index (χ3n) is 4.86. The zero-order valence-electron chi connectivity index (χ0n) is 15.9. The standard InChI is InChI=1S/C21H19FN4O3/c1-23-21(28)17-8-13(20(27)25-15-9-24-26(2)10-15)7-16-18(11-29-19(16)17)12-3-5-14(22)6-4-12/h3-10,18H,11H2,1-2H3,(H,23,28)(H,25,27). The third kappa shape index (κ3) is 3.56. The van der Waals surface area contributed by atoms with E-state index < -0.39 is 0 Å². The number of aromatic nitrogens is 2. The second-order valence-electron chi connectivity index (χ2n) is 6.79. The van der Waals surface area contributed by atoms with E-state index in [2.05, 4.69) is 15.7 Å². The Morgan fingerprint density at radius 3 is 2.62 bits per heavy atom. The minimum Gasteiger partial charge on any atom is -0.491 e. The van der Waals surface area contributed by atoms with Gasteiger partial charge in [0.15, 0.2) is 0 Å². The molecule has 8 heteroatoms. The molecule has 0 saturated heterocycles. The molecule has 4 rings (SSSR count). The number of carbonyl (C=O) groups is 2. The van der Waals surface area contributed by atoms with Gasteiger partial charge in [-0.25, -0.2) is 4.39 Å². The predicted octanol–water partition coefficient (Wildman–Crippen LogP) is 2.70. The summed E-state index contributed by atoms with van der Waals surface area (Å²) < 4.78 is 20.7. The number of nitrogens with zero attached hydrogens (tertiary/aromatic N) is 2. The maximum Gasteiger partial charge on any atom is 0.255 e. The van der Waals surface area contributed by atoms with Crippen LogP contribution in [0.5, 0.6) is 5.75 Å². The SMILES string of the molecule is CNC(=O)c1cc(C(=O)Nc2cnn(C)c2)cc2c1OCC2c1ccc(F)cc1. The van der Waals surface area contributed by atoms with Crippen molar-refractivity contribution < 1.29 is 18.7 Å². The Labute approximate surface area is 166 Å². The summed E-state index contributed by atoms with van der Waals surface area (Å²) in [5, 5.41) is 9.38. The van der Waals surface area contributed by atoms with Crippen molar-refractivity contribution in [2.75, 3.05) is 19.0 Å². The molecule has 1 aromatic heterocycles. The minimum absolute atomic E-state index is 0.208. The third-order valence-corrected chi connectivity index (χ3v) is 4.86. The number of benzene rings is 2. The topological polar surface area (TPSA) is 85.3 Å². The van der Waals surface area contributed by atoms with Crippen LogP contribution >= 0.6 is 0 Å². The summed E-state index contributed by atoms with van der Waals surface area (Å²) >= 11 is 0. The van der Waals surface area contributed by atoms with E-state index in [1.165, 1.54) is 31.4 Å². The molecule has 7 nitrogen and oxygen atoms in total. The maximum atomic E-state index is 13.3. The van der Waals surface area contributed by atoms with Crippen molar-refractivity contribution in [2.24, 2.45) is 7.05 Å². The van der Waals surface area contributed by atoms with Crippen LogP contribution < -0.4 is 15.4 Å². The lowest BCUT2D eigenvalue weighted by Gasteiger charge is -2.13. The molecule has 0 aliphatic carbocycles. The van der Waals surface area contributed by atoms with E-state index in [9.17, 15) is 14.0 Å². The molecule has 148 valence electrons. The van der Waals surface area contributed by atoms with Crippen molar-refractivity contribution in [3.8, 4) is 5.75 Å². The Morgan fingerprint density at radius 1 is 1.21 bits per heavy atom. The normalized spacial score (nSPS) is 14.8. The summed E-state index contributed by atoms with van der Waals surface area (Å²) in [6.45, 7) is 0.304. The highest BCUT2D eigenvalue weighted by atomic mass is 19.1. The molecule has 1 atom stereocenters. The number of rotatable bonds is 4. The Kier molecular flexibility index (Phi) is 4.75. The molecule has 29 heavy (non-hydrogen) atoms. The molecule has 2 N–H and O–H groups in total. The molecule has 2 aromatic carbocycles. The van der Waals surface area contributed by atoms with Gasteiger partial charge in [0.2, 0.25) is 0 Å². The Morgan fingerprint density at radius 2 is 1.97 bits per heavy atom. The first-order chi connectivity index (χ1) is 14.0. The number of anilines is 1. The van der Waals surface area contributed by atoms with Gasteiger partial charge in [0.1, 0.15) is 11.6 Å². The van der Waals surface area contributed by atoms with Gasteiger partial charge in [0, 0.05) is 37.3 Å². The zero-order chi connectivity index (χ0) is 20.5. The van der Waals surface area contributed by atoms with Gasteiger partial charge in [-0.15, -0.1) is 0 Å². The Balaban J connectivity index is 1.75. The highest BCUT2D eigenvalue weighted by Gasteiger charge is 2.31. The molecule has 0 spiro atoms. The van der Waals surface area contributed by atoms with Crippen LogP contribution in [0.2, 0.25) is 0 Å². The Bertz CT molecular complexity index is 1090. The van der Waals surface area contributed by atoms with Gasteiger partial charge in [-0.1, -0.05) is 12.1 Å². The van der Waals surface area contributed by atoms with Crippen LogP contribution in [0.4, 0.5) is 10.1 Å². The van der Waals surface area contributed by atoms with Crippen LogP contribution in [-0.4, -0.2) is 35.2 Å². The fraction of sp³-hybridized carbons (Fsp3) is 0.190. The number of aryl methyl sites for hydroxylation is 1. The number of ether oxygens (including phenoxy) is 1. The number of amides is 2. The van der Waals surface area contributed by atoms with E-state index >= 15 is 0 Å². The summed E-state index contributed by atoms with van der Waals surface area (Å²) in [4.78, 5) is 25.2. The van der Waals surface area contributed by atoms with Gasteiger partial charge < -0.3 is 15.4 Å². The molecule has 0 radical (unpaired) electrons. The van der Waals surface area contributed by atoms with Crippen molar-refractivity contribution in [3.05, 3.63) is 76.9 Å². The molecule has 2 heterocycles. The van der Waals surface area contributed by atoms with Gasteiger partial charge in [-0.3, -0.25) is 14.3 Å². The Hall–Kier alpha value is -3.68. The van der Waals surface area contributed by atoms with Gasteiger partial charge in [-0.2, -0.15) is 5.10 Å². The van der Waals surface area contributed by atoms with E-state index in [1.807, 2.05) is 0 Å². The van der Waals surface area contributed by atoms with Crippen LogP contribution in [0, 0.1) is 5.82 Å². The fourth-order valence-electron chi connectivity index (χ4n) is 3.42. The minimum atomic E-state index is -0.365. The largest absolute Gasteiger partial charge is 0.491 e. The molecule has 2 amide bonds. The summed E-state index contributed by atoms with van der Waals surface area (Å²) in [5.74, 6) is -0.812. The second-order valence-corrected chi connectivity index (χ2v) is 6.79. The monoisotopic (exact) mass is 394 g/mol. The highest BCUT2D eigenvalue weighted by molar-refractivity contribution is 6.07. The average molecular weight is 394 g/mol. The summed E-state index contributed by atoms with van der Waals surface area (Å²) in [6, 6.07) is 9.35. The van der Waals surface area contributed by atoms with E-state index in [4.69, 9.17) is 4.74 Å². The van der Waals surface area contributed by atoms with Crippen LogP contribution in [0.3, 0.4) is 0 Å². The summed E-state index contributed by atoms with van der Waals surface area (Å²) in [5.41, 5.74) is 2.72. The van der Waals surface area contributed by atoms with Crippen molar-refractivity contribution in [3.63, 3.8) is 0 Å². The first-order valence-corrected chi connectivity index (χ1v) is 9.04. The molecule has 0 bridgehead atoms. The van der Waals surface area contributed by atoms with E-state index in [1.54, 1.807) is 36.1 Å². The van der Waals surface area contributed by atoms with Gasteiger partial charge >= 0.3 is 0 Å². The second kappa shape index (κ2) is 7.38. The molecule has 3 aromatic rings. The molecule has 0 fully saturated rings. The fourth-order valence-corrected chi connectivity index (χ4v) is 3.42. The van der Waals surface area contributed by atoms with Crippen LogP contribution in [0.15, 0.2) is 48.8 Å². The predicted molar refractivity (Wildman–Crippen MR) is 105 cm³/mol. The van der Waals surface area contributed by atoms with Crippen molar-refractivity contribution in [2.45, 2.75) is 5.92 Å². The molecule has 1 unspecified atom stereocenters. The van der Waals surface area contributed by atoms with Gasteiger partial charge in [0.25, 0.3) is 11.8 Å². The van der Waals surface area contributed by atoms with Crippen molar-refractivity contribution in [1.29, 1.82) is 0 Å². The first kappa shape index (κ1) is 18.7. The van der Waals surface area contributed by atoms with E-state index in [0.717, 1.165) is 5.56 Å². The number of fused-ring (bicyclic) bond motifs is 1. The molecule has 1 aliphatic rings. The highest BCUT2D eigenvalue weighted by Crippen LogP contribution is 2.41. The summed E-state index contributed by atoms with van der Waals surface area (Å²) in [6.07, 6.45) is 3.21. The van der Waals surface area contributed by atoms with Crippen molar-refractivity contribution >= 4 is 17.5 Å². The molecular weight excluding hydrogens is 375 g/mol. The zero-order valence-corrected chi connectivity index (χ0v) is 15.9. The number of carbonyl (C=O) groups excluding carboxylic acids is 2. The summed E-state index contributed by atoms with van der Waals surface area (Å²) in [7, 11) is 3.27. The molecule has 0 saturated carbocycles. The van der Waals surface area contributed by atoms with Crippen LogP contribution in [-0.2, 0) is 7.05 Å². The molecule has 1 aliphatic heterocycles. The lowest BCUT2D eigenvalue weighted by Crippen LogP contribution is -2.20. The maximum absolute atomic E-state index is 13.3. The lowest BCUT2D eigenvalue weighted by molar-refractivity contribution is 0.0960. The van der Waals surface area contributed by atoms with Crippen LogP contribution in [0.25, 0.3) is 0 Å². The van der Waals surface area contributed by atoms with Crippen molar-refractivity contribution in [1.82, 2.24) is 15.1 Å². The smallest absolute Gasteiger partial charge is 0.255 e. The average Bonchev–Trinajstić information content (AvgIpc) is 3.33. The quantitative estimate of drug-likeness (QED) is 0.713. The number of hydrogen-bond acceptors (Lipinski definition) is 4. The number of halogens is 1. The van der Waals surface area contributed by atoms with Gasteiger partial charge in [0.05, 0.1) is 24.1 Å². The van der Waals surface area contributed by atoms with Crippen LogP contribution in [0.1, 0.15) is 37.8 Å². The van der Waals surface area contributed by atoms with E-state index in [0.29, 0.717) is 29.2 Å². The lowest BCUT2D eigenvalue weighted by atomic mass is 9.90.